The number of nitrogens with one attached hydrogen (secondary N) is 2. The van der Waals surface area contributed by atoms with Crippen LogP contribution in [0.15, 0.2) is 67.1 Å². The van der Waals surface area contributed by atoms with Gasteiger partial charge in [-0.3, -0.25) is 9.59 Å². The number of nitrogens with zero attached hydrogens (tertiary/aromatic N) is 4. The Labute approximate surface area is 224 Å². The van der Waals surface area contributed by atoms with Crippen LogP contribution in [0, 0.1) is 5.82 Å². The molecule has 0 saturated heterocycles. The second kappa shape index (κ2) is 8.69. The third-order valence-corrected chi connectivity index (χ3v) is 8.16. The highest BCUT2D eigenvalue weighted by Crippen LogP contribution is 2.47. The van der Waals surface area contributed by atoms with Crippen molar-refractivity contribution in [2.75, 3.05) is 15.5 Å². The molecule has 0 fully saturated rings. The van der Waals surface area contributed by atoms with Crippen molar-refractivity contribution in [1.82, 2.24) is 15.0 Å². The van der Waals surface area contributed by atoms with Crippen LogP contribution in [0.4, 0.5) is 27.4 Å². The molecule has 2 unspecified atom stereocenters. The Hall–Kier alpha value is -4.66. The lowest BCUT2D eigenvalue weighted by Crippen LogP contribution is -2.37. The molecule has 8 nitrogen and oxygen atoms in total. The monoisotopic (exact) mass is 520 g/mol. The molecule has 2 aliphatic heterocycles. The van der Waals surface area contributed by atoms with Crippen molar-refractivity contribution in [1.29, 1.82) is 0 Å². The van der Waals surface area contributed by atoms with Crippen LogP contribution in [0.3, 0.4) is 0 Å². The molecule has 4 aromatic rings. The third-order valence-electron chi connectivity index (χ3n) is 8.16. The number of fused-ring (bicyclic) bond motifs is 4. The summed E-state index contributed by atoms with van der Waals surface area (Å²) in [5.74, 6) is 0.435. The van der Waals surface area contributed by atoms with Crippen molar-refractivity contribution in [3.63, 3.8) is 0 Å². The second-order valence-electron chi connectivity index (χ2n) is 10.4. The van der Waals surface area contributed by atoms with E-state index in [4.69, 9.17) is 0 Å². The van der Waals surface area contributed by atoms with E-state index >= 15 is 0 Å². The summed E-state index contributed by atoms with van der Waals surface area (Å²) in [5, 5.41) is 6.22. The van der Waals surface area contributed by atoms with Gasteiger partial charge in [0, 0.05) is 29.6 Å². The molecule has 39 heavy (non-hydrogen) atoms. The van der Waals surface area contributed by atoms with E-state index < -0.39 is 5.41 Å². The van der Waals surface area contributed by atoms with Gasteiger partial charge >= 0.3 is 0 Å². The van der Waals surface area contributed by atoms with E-state index in [1.54, 1.807) is 23.2 Å². The number of amides is 2. The van der Waals surface area contributed by atoms with Crippen molar-refractivity contribution in [3.05, 3.63) is 101 Å². The molecule has 2 N–H and O–H groups in total. The Bertz CT molecular complexity index is 1670. The number of halogens is 1. The number of pyridine rings is 1. The molecule has 2 atom stereocenters. The number of anilines is 4. The van der Waals surface area contributed by atoms with Crippen molar-refractivity contribution >= 4 is 34.8 Å². The van der Waals surface area contributed by atoms with E-state index in [2.05, 4.69) is 25.6 Å². The van der Waals surface area contributed by atoms with Gasteiger partial charge in [-0.1, -0.05) is 25.1 Å². The van der Waals surface area contributed by atoms with Gasteiger partial charge in [-0.2, -0.15) is 0 Å². The molecule has 4 heterocycles. The van der Waals surface area contributed by atoms with Crippen LogP contribution >= 0.6 is 0 Å². The van der Waals surface area contributed by atoms with Crippen LogP contribution in [-0.4, -0.2) is 32.8 Å². The van der Waals surface area contributed by atoms with Gasteiger partial charge in [-0.05, 0) is 72.7 Å². The van der Waals surface area contributed by atoms with Gasteiger partial charge in [0.25, 0.3) is 5.91 Å². The summed E-state index contributed by atoms with van der Waals surface area (Å²) in [4.78, 5) is 41.1. The fourth-order valence-electron chi connectivity index (χ4n) is 6.24. The first-order valence-electron chi connectivity index (χ1n) is 13.0. The lowest BCUT2D eigenvalue weighted by atomic mass is 9.79. The van der Waals surface area contributed by atoms with Crippen LogP contribution in [0.1, 0.15) is 46.1 Å². The summed E-state index contributed by atoms with van der Waals surface area (Å²) in [5.41, 5.74) is 5.08. The van der Waals surface area contributed by atoms with Gasteiger partial charge in [0.2, 0.25) is 5.91 Å². The number of hydrogen-bond acceptors (Lipinski definition) is 6. The molecular weight excluding hydrogens is 495 g/mol. The maximum Gasteiger partial charge on any atom is 0.277 e. The number of rotatable bonds is 4. The van der Waals surface area contributed by atoms with Gasteiger partial charge in [-0.25, -0.2) is 19.3 Å². The first-order chi connectivity index (χ1) is 18.9. The molecule has 2 amide bonds. The predicted molar refractivity (Wildman–Crippen MR) is 145 cm³/mol. The molecule has 1 aliphatic carbocycles. The predicted octanol–water partition coefficient (Wildman–Crippen LogP) is 4.72. The summed E-state index contributed by atoms with van der Waals surface area (Å²) in [6.45, 7) is 2.02. The van der Waals surface area contributed by atoms with E-state index in [1.165, 1.54) is 18.5 Å². The highest BCUT2D eigenvalue weighted by Gasteiger charge is 2.51. The molecule has 3 aliphatic rings. The standard InChI is InChI=1S/C30H25FN6O2/c1-2-22-11-17-5-7-20(31)12-25(17)37(22)28(38)24-13-26(34-16-33-24)35-21-8-6-18-14-30(15-19(18)10-21)23-4-3-9-32-27(23)36-29(30)39/h3-10,12-13,16,22H,2,11,14-15H2,1H3,(H,32,36,39)(H,33,34,35). The quantitative estimate of drug-likeness (QED) is 0.404. The minimum absolute atomic E-state index is 0.0189. The van der Waals surface area contributed by atoms with Crippen molar-refractivity contribution in [2.24, 2.45) is 0 Å². The van der Waals surface area contributed by atoms with E-state index in [0.717, 1.165) is 34.4 Å². The Balaban J connectivity index is 1.14. The van der Waals surface area contributed by atoms with E-state index in [1.807, 2.05) is 37.3 Å². The van der Waals surface area contributed by atoms with Crippen molar-refractivity contribution < 1.29 is 14.0 Å². The molecule has 2 aromatic heterocycles. The van der Waals surface area contributed by atoms with Gasteiger partial charge in [-0.15, -0.1) is 0 Å². The summed E-state index contributed by atoms with van der Waals surface area (Å²) < 4.78 is 14.0. The van der Waals surface area contributed by atoms with Crippen molar-refractivity contribution in [3.8, 4) is 0 Å². The largest absolute Gasteiger partial charge is 0.340 e. The Morgan fingerprint density at radius 1 is 1.08 bits per heavy atom. The van der Waals surface area contributed by atoms with Crippen molar-refractivity contribution in [2.45, 2.75) is 44.1 Å². The molecule has 9 heteroatoms. The van der Waals surface area contributed by atoms with E-state index in [-0.39, 0.29) is 29.4 Å². The molecule has 0 saturated carbocycles. The highest BCUT2D eigenvalue weighted by atomic mass is 19.1. The zero-order chi connectivity index (χ0) is 26.7. The fourth-order valence-corrected chi connectivity index (χ4v) is 6.24. The molecular formula is C30H25FN6O2. The average Bonchev–Trinajstić information content (AvgIpc) is 3.59. The number of carbonyl (C=O) groups is 2. The van der Waals surface area contributed by atoms with Crippen LogP contribution in [0.25, 0.3) is 0 Å². The smallest absolute Gasteiger partial charge is 0.277 e. The fraction of sp³-hybridized carbons (Fsp3) is 0.233. The number of aromatic nitrogens is 3. The zero-order valence-electron chi connectivity index (χ0n) is 21.2. The lowest BCUT2D eigenvalue weighted by Gasteiger charge is -2.24. The summed E-state index contributed by atoms with van der Waals surface area (Å²) >= 11 is 0. The maximum absolute atomic E-state index is 14.0. The highest BCUT2D eigenvalue weighted by molar-refractivity contribution is 6.07. The average molecular weight is 521 g/mol. The SMILES string of the molecule is CCC1Cc2ccc(F)cc2N1C(=O)c1cc(Nc2ccc3c(c2)CC2(C3)C(=O)Nc3ncccc32)ncn1. The van der Waals surface area contributed by atoms with Gasteiger partial charge in [0.05, 0.1) is 11.1 Å². The van der Waals surface area contributed by atoms with Crippen LogP contribution in [0.5, 0.6) is 0 Å². The summed E-state index contributed by atoms with van der Waals surface area (Å²) in [6.07, 6.45) is 5.67. The summed E-state index contributed by atoms with van der Waals surface area (Å²) in [6, 6.07) is 16.0. The van der Waals surface area contributed by atoms with Gasteiger partial charge < -0.3 is 15.5 Å². The second-order valence-corrected chi connectivity index (χ2v) is 10.4. The summed E-state index contributed by atoms with van der Waals surface area (Å²) in [7, 11) is 0. The van der Waals surface area contributed by atoms with Gasteiger partial charge in [0.1, 0.15) is 29.5 Å². The molecule has 2 aromatic carbocycles. The molecule has 0 radical (unpaired) electrons. The van der Waals surface area contributed by atoms with Crippen LogP contribution in [-0.2, 0) is 29.5 Å². The maximum atomic E-state index is 14.0. The third kappa shape index (κ3) is 3.68. The first kappa shape index (κ1) is 23.5. The van der Waals surface area contributed by atoms with Crippen LogP contribution in [0.2, 0.25) is 0 Å². The van der Waals surface area contributed by atoms with Crippen LogP contribution < -0.4 is 15.5 Å². The topological polar surface area (TPSA) is 100 Å². The molecule has 1 spiro atoms. The Morgan fingerprint density at radius 3 is 2.79 bits per heavy atom. The molecule has 0 bridgehead atoms. The number of hydrogen-bond donors (Lipinski definition) is 2. The van der Waals surface area contributed by atoms with Gasteiger partial charge in [0.15, 0.2) is 0 Å². The Morgan fingerprint density at radius 2 is 1.92 bits per heavy atom. The molecule has 194 valence electrons. The van der Waals surface area contributed by atoms with E-state index in [9.17, 15) is 14.0 Å². The normalized spacial score (nSPS) is 20.5. The van der Waals surface area contributed by atoms with E-state index in [0.29, 0.717) is 36.6 Å². The number of benzene rings is 2. The minimum Gasteiger partial charge on any atom is -0.340 e. The number of carbonyl (C=O) groups excluding carboxylic acids is 2. The Kier molecular flexibility index (Phi) is 5.23. The first-order valence-corrected chi connectivity index (χ1v) is 13.0. The molecule has 7 rings (SSSR count). The zero-order valence-corrected chi connectivity index (χ0v) is 21.2. The lowest BCUT2D eigenvalue weighted by molar-refractivity contribution is -0.120. The minimum atomic E-state index is -0.639.